The van der Waals surface area contributed by atoms with Gasteiger partial charge in [0, 0.05) is 42.1 Å². The number of piperidine rings is 1. The van der Waals surface area contributed by atoms with E-state index in [1.807, 2.05) is 35.4 Å². The molecule has 4 nitrogen and oxygen atoms in total. The molecule has 0 radical (unpaired) electrons. The molecule has 0 N–H and O–H groups in total. The monoisotopic (exact) mass is 396 g/mol. The van der Waals surface area contributed by atoms with Crippen LogP contribution in [-0.2, 0) is 4.79 Å². The largest absolute Gasteiger partial charge is 0.338 e. The molecule has 1 amide bonds. The SMILES string of the molecule is CSc1cccc(-c2ccc(C(=O)N3CCC[C@H](C(=O)CC(C)C)C3)cn2)c1. The van der Waals surface area contributed by atoms with Crippen molar-refractivity contribution in [1.29, 1.82) is 0 Å². The molecule has 1 aromatic carbocycles. The molecule has 0 unspecified atom stereocenters. The summed E-state index contributed by atoms with van der Waals surface area (Å²) in [5.74, 6) is 0.593. The number of aromatic nitrogens is 1. The predicted molar refractivity (Wildman–Crippen MR) is 115 cm³/mol. The standard InChI is InChI=1S/C23H28N2O2S/c1-16(2)12-22(26)19-7-5-11-25(15-19)23(27)18-9-10-21(24-14-18)17-6-4-8-20(13-17)28-3/h4,6,8-10,13-14,16,19H,5,7,11-12,15H2,1-3H3/t19-/m0/s1. The lowest BCUT2D eigenvalue weighted by molar-refractivity contribution is -0.124. The third kappa shape index (κ3) is 5.02. The fourth-order valence-corrected chi connectivity index (χ4v) is 4.11. The van der Waals surface area contributed by atoms with Crippen molar-refractivity contribution in [3.63, 3.8) is 0 Å². The highest BCUT2D eigenvalue weighted by molar-refractivity contribution is 7.98. The van der Waals surface area contributed by atoms with E-state index in [4.69, 9.17) is 0 Å². The number of amides is 1. The lowest BCUT2D eigenvalue weighted by atomic mass is 9.89. The molecule has 0 saturated carbocycles. The summed E-state index contributed by atoms with van der Waals surface area (Å²) < 4.78 is 0. The number of ketones is 1. The zero-order chi connectivity index (χ0) is 20.1. The molecule has 0 aliphatic carbocycles. The molecule has 3 rings (SSSR count). The normalized spacial score (nSPS) is 17.0. The van der Waals surface area contributed by atoms with Crippen molar-refractivity contribution in [2.24, 2.45) is 11.8 Å². The van der Waals surface area contributed by atoms with Crippen LogP contribution in [0.5, 0.6) is 0 Å². The molecular weight excluding hydrogens is 368 g/mol. The van der Waals surface area contributed by atoms with E-state index in [2.05, 4.69) is 31.0 Å². The molecule has 1 aliphatic heterocycles. The lowest BCUT2D eigenvalue weighted by Gasteiger charge is -2.32. The third-order valence-electron chi connectivity index (χ3n) is 5.15. The summed E-state index contributed by atoms with van der Waals surface area (Å²) in [6, 6.07) is 12.0. The highest BCUT2D eigenvalue weighted by atomic mass is 32.2. The van der Waals surface area contributed by atoms with Gasteiger partial charge >= 0.3 is 0 Å². The summed E-state index contributed by atoms with van der Waals surface area (Å²) in [4.78, 5) is 32.8. The van der Waals surface area contributed by atoms with Crippen LogP contribution < -0.4 is 0 Å². The van der Waals surface area contributed by atoms with E-state index in [9.17, 15) is 9.59 Å². The number of carbonyl (C=O) groups excluding carboxylic acids is 2. The molecule has 1 saturated heterocycles. The van der Waals surface area contributed by atoms with Crippen LogP contribution in [0.3, 0.4) is 0 Å². The number of hydrogen-bond acceptors (Lipinski definition) is 4. The van der Waals surface area contributed by atoms with Crippen LogP contribution >= 0.6 is 11.8 Å². The minimum Gasteiger partial charge on any atom is -0.338 e. The summed E-state index contributed by atoms with van der Waals surface area (Å²) in [7, 11) is 0. The number of nitrogens with zero attached hydrogens (tertiary/aromatic N) is 2. The first-order valence-corrected chi connectivity index (χ1v) is 11.1. The van der Waals surface area contributed by atoms with Crippen LogP contribution in [-0.4, -0.2) is 40.9 Å². The molecule has 1 aliphatic rings. The molecule has 0 bridgehead atoms. The third-order valence-corrected chi connectivity index (χ3v) is 5.87. The van der Waals surface area contributed by atoms with Gasteiger partial charge in [-0.05, 0) is 49.3 Å². The van der Waals surface area contributed by atoms with Crippen LogP contribution in [0.1, 0.15) is 43.5 Å². The van der Waals surface area contributed by atoms with Gasteiger partial charge in [-0.1, -0.05) is 26.0 Å². The predicted octanol–water partition coefficient (Wildman–Crippen LogP) is 4.94. The number of hydrogen-bond donors (Lipinski definition) is 0. The molecule has 1 aromatic heterocycles. The van der Waals surface area contributed by atoms with Gasteiger partial charge in [0.15, 0.2) is 0 Å². The molecule has 1 fully saturated rings. The Labute approximate surface area is 171 Å². The highest BCUT2D eigenvalue weighted by Gasteiger charge is 2.29. The molecule has 2 aromatic rings. The second-order valence-corrected chi connectivity index (χ2v) is 8.70. The van der Waals surface area contributed by atoms with Gasteiger partial charge in [-0.3, -0.25) is 14.6 Å². The summed E-state index contributed by atoms with van der Waals surface area (Å²) in [6.45, 7) is 5.36. The Morgan fingerprint density at radius 2 is 2.07 bits per heavy atom. The number of Topliss-reactive ketones (excluding diaryl/α,β-unsaturated/α-hetero) is 1. The summed E-state index contributed by atoms with van der Waals surface area (Å²) in [5, 5.41) is 0. The van der Waals surface area contributed by atoms with Crippen molar-refractivity contribution in [2.75, 3.05) is 19.3 Å². The Hall–Kier alpha value is -2.14. The van der Waals surface area contributed by atoms with Crippen LogP contribution in [0.4, 0.5) is 0 Å². The molecule has 2 heterocycles. The quantitative estimate of drug-likeness (QED) is 0.649. The van der Waals surface area contributed by atoms with Gasteiger partial charge in [0.05, 0.1) is 11.3 Å². The van der Waals surface area contributed by atoms with Crippen molar-refractivity contribution in [3.05, 3.63) is 48.2 Å². The number of pyridine rings is 1. The molecule has 148 valence electrons. The van der Waals surface area contributed by atoms with Gasteiger partial charge in [0.25, 0.3) is 5.91 Å². The van der Waals surface area contributed by atoms with Crippen molar-refractivity contribution in [3.8, 4) is 11.3 Å². The molecular formula is C23H28N2O2S. The lowest BCUT2D eigenvalue weighted by Crippen LogP contribution is -2.42. The maximum atomic E-state index is 12.9. The van der Waals surface area contributed by atoms with Crippen LogP contribution in [0.2, 0.25) is 0 Å². The van der Waals surface area contributed by atoms with Crippen molar-refractivity contribution in [2.45, 2.75) is 38.0 Å². The zero-order valence-electron chi connectivity index (χ0n) is 16.9. The number of rotatable bonds is 6. The summed E-state index contributed by atoms with van der Waals surface area (Å²) in [6.07, 6.45) is 6.07. The van der Waals surface area contributed by atoms with E-state index >= 15 is 0 Å². The van der Waals surface area contributed by atoms with Gasteiger partial charge in [-0.25, -0.2) is 0 Å². The zero-order valence-corrected chi connectivity index (χ0v) is 17.7. The van der Waals surface area contributed by atoms with Gasteiger partial charge in [-0.2, -0.15) is 0 Å². The van der Waals surface area contributed by atoms with Crippen molar-refractivity contribution >= 4 is 23.5 Å². The van der Waals surface area contributed by atoms with Gasteiger partial charge in [0.2, 0.25) is 0 Å². The van der Waals surface area contributed by atoms with E-state index in [0.29, 0.717) is 31.0 Å². The second-order valence-electron chi connectivity index (χ2n) is 7.82. The fraction of sp³-hybridized carbons (Fsp3) is 0.435. The van der Waals surface area contributed by atoms with E-state index in [0.717, 1.165) is 24.1 Å². The Kier molecular flexibility index (Phi) is 6.89. The van der Waals surface area contributed by atoms with Crippen molar-refractivity contribution < 1.29 is 9.59 Å². The smallest absolute Gasteiger partial charge is 0.255 e. The number of carbonyl (C=O) groups is 2. The van der Waals surface area contributed by atoms with Crippen LogP contribution in [0.15, 0.2) is 47.5 Å². The van der Waals surface area contributed by atoms with Crippen LogP contribution in [0.25, 0.3) is 11.3 Å². The molecule has 0 spiro atoms. The maximum absolute atomic E-state index is 12.9. The van der Waals surface area contributed by atoms with Gasteiger partial charge in [0.1, 0.15) is 5.78 Å². The van der Waals surface area contributed by atoms with E-state index < -0.39 is 0 Å². The van der Waals surface area contributed by atoms with E-state index in [1.54, 1.807) is 18.0 Å². The summed E-state index contributed by atoms with van der Waals surface area (Å²) >= 11 is 1.69. The Morgan fingerprint density at radius 1 is 1.25 bits per heavy atom. The Morgan fingerprint density at radius 3 is 2.75 bits per heavy atom. The molecule has 28 heavy (non-hydrogen) atoms. The fourth-order valence-electron chi connectivity index (χ4n) is 3.65. The number of likely N-dealkylation sites (tertiary alicyclic amines) is 1. The first kappa shape index (κ1) is 20.6. The number of thioether (sulfide) groups is 1. The Balaban J connectivity index is 1.69. The average Bonchev–Trinajstić information content (AvgIpc) is 2.73. The second kappa shape index (κ2) is 9.37. The minimum absolute atomic E-state index is 0.0263. The maximum Gasteiger partial charge on any atom is 0.255 e. The molecule has 1 atom stereocenters. The average molecular weight is 397 g/mol. The minimum atomic E-state index is -0.0287. The summed E-state index contributed by atoms with van der Waals surface area (Å²) in [5.41, 5.74) is 2.49. The topological polar surface area (TPSA) is 50.3 Å². The number of benzene rings is 1. The van der Waals surface area contributed by atoms with Gasteiger partial charge in [-0.15, -0.1) is 11.8 Å². The first-order chi connectivity index (χ1) is 13.5. The Bertz CT molecular complexity index is 833. The van der Waals surface area contributed by atoms with E-state index in [1.165, 1.54) is 4.90 Å². The molecule has 5 heteroatoms. The van der Waals surface area contributed by atoms with Gasteiger partial charge < -0.3 is 4.90 Å². The first-order valence-electron chi connectivity index (χ1n) is 9.90. The van der Waals surface area contributed by atoms with E-state index in [-0.39, 0.29) is 17.6 Å². The van der Waals surface area contributed by atoms with Crippen molar-refractivity contribution in [1.82, 2.24) is 9.88 Å². The van der Waals surface area contributed by atoms with Crippen LogP contribution in [0, 0.1) is 11.8 Å². The highest BCUT2D eigenvalue weighted by Crippen LogP contribution is 2.25.